The van der Waals surface area contributed by atoms with Crippen LogP contribution in [0.15, 0.2) is 24.3 Å². The highest BCUT2D eigenvalue weighted by molar-refractivity contribution is 6.00. The van der Waals surface area contributed by atoms with Crippen LogP contribution in [0.3, 0.4) is 0 Å². The highest BCUT2D eigenvalue weighted by atomic mass is 19.1. The Morgan fingerprint density at radius 1 is 0.547 bits per heavy atom. The fourth-order valence-electron chi connectivity index (χ4n) is 5.88. The molecule has 0 unspecified atom stereocenters. The molecule has 0 saturated heterocycles. The topological polar surface area (TPSA) is 325 Å². The van der Waals surface area contributed by atoms with E-state index in [4.69, 9.17) is 24.1 Å². The number of nitrogens with one attached hydrogen (secondary N) is 3. The molecule has 3 amide bonds. The Hall–Kier alpha value is -5.71. The number of amides is 3. The third kappa shape index (κ3) is 24.8. The lowest BCUT2D eigenvalue weighted by Crippen LogP contribution is -2.49. The minimum Gasteiger partial charge on any atom is -0.481 e. The SMILES string of the molecule is CC(C)[C@H](CC(=O)[C@H](CCC(=O)O)NC(=O)[C@H](CC(=O)O)CC(=O)c1ccc(F)cc1)C(=O)N[C@@H](CC(=O)O)C(=O)C[C@@H](C)C(=O)NCCOCCOCCOCCOCCC(=O)O. The van der Waals surface area contributed by atoms with E-state index in [2.05, 4.69) is 16.0 Å². The second-order valence-corrected chi connectivity index (χ2v) is 15.1. The number of carbonyl (C=O) groups excluding carboxylic acids is 6. The number of ketones is 3. The van der Waals surface area contributed by atoms with Gasteiger partial charge in [0.05, 0.1) is 90.1 Å². The van der Waals surface area contributed by atoms with Gasteiger partial charge in [-0.25, -0.2) is 4.39 Å². The van der Waals surface area contributed by atoms with Crippen molar-refractivity contribution in [1.82, 2.24) is 16.0 Å². The van der Waals surface area contributed by atoms with Crippen molar-refractivity contribution in [2.75, 3.05) is 59.4 Å². The molecule has 0 radical (unpaired) electrons. The number of rotatable bonds is 37. The summed E-state index contributed by atoms with van der Waals surface area (Å²) in [7, 11) is 0. The van der Waals surface area contributed by atoms with Gasteiger partial charge in [-0.2, -0.15) is 0 Å². The first kappa shape index (κ1) is 56.3. The summed E-state index contributed by atoms with van der Waals surface area (Å²) in [6.07, 6.45) is -4.66. The van der Waals surface area contributed by atoms with Gasteiger partial charge < -0.3 is 55.3 Å². The van der Waals surface area contributed by atoms with Crippen molar-refractivity contribution in [2.24, 2.45) is 23.7 Å². The van der Waals surface area contributed by atoms with Gasteiger partial charge in [-0.15, -0.1) is 0 Å². The zero-order valence-electron chi connectivity index (χ0n) is 36.2. The highest BCUT2D eigenvalue weighted by Crippen LogP contribution is 2.21. The number of carboxylic acids is 4. The molecule has 0 spiro atoms. The van der Waals surface area contributed by atoms with Gasteiger partial charge in [0.2, 0.25) is 17.7 Å². The average molecular weight is 914 g/mol. The Balaban J connectivity index is 2.80. The Morgan fingerprint density at radius 3 is 1.56 bits per heavy atom. The molecule has 22 heteroatoms. The van der Waals surface area contributed by atoms with Crippen LogP contribution in [0.1, 0.15) is 82.5 Å². The number of hydrogen-bond acceptors (Lipinski definition) is 14. The Bertz CT molecular complexity index is 1720. The molecule has 0 bridgehead atoms. The van der Waals surface area contributed by atoms with Crippen LogP contribution in [0.5, 0.6) is 0 Å². The van der Waals surface area contributed by atoms with Crippen LogP contribution >= 0.6 is 0 Å². The molecule has 0 saturated carbocycles. The van der Waals surface area contributed by atoms with E-state index in [9.17, 15) is 67.7 Å². The van der Waals surface area contributed by atoms with E-state index >= 15 is 0 Å². The summed E-state index contributed by atoms with van der Waals surface area (Å²) < 4.78 is 34.5. The monoisotopic (exact) mass is 913 g/mol. The van der Waals surface area contributed by atoms with E-state index in [1.807, 2.05) is 0 Å². The number of carbonyl (C=O) groups is 10. The molecule has 0 heterocycles. The molecule has 1 rings (SSSR count). The predicted molar refractivity (Wildman–Crippen MR) is 219 cm³/mol. The summed E-state index contributed by atoms with van der Waals surface area (Å²) in [6.45, 7) is 6.33. The summed E-state index contributed by atoms with van der Waals surface area (Å²) >= 11 is 0. The van der Waals surface area contributed by atoms with Crippen molar-refractivity contribution < 1.29 is 91.7 Å². The molecule has 0 aliphatic rings. The fourth-order valence-corrected chi connectivity index (χ4v) is 5.88. The first-order valence-corrected chi connectivity index (χ1v) is 20.6. The molecule has 64 heavy (non-hydrogen) atoms. The maximum atomic E-state index is 13.7. The van der Waals surface area contributed by atoms with E-state index in [0.29, 0.717) is 0 Å². The largest absolute Gasteiger partial charge is 0.481 e. The van der Waals surface area contributed by atoms with Gasteiger partial charge in [0.1, 0.15) is 5.82 Å². The van der Waals surface area contributed by atoms with Gasteiger partial charge in [0, 0.05) is 49.6 Å². The van der Waals surface area contributed by atoms with Gasteiger partial charge in [-0.05, 0) is 36.6 Å². The molecule has 1 aromatic carbocycles. The van der Waals surface area contributed by atoms with Crippen molar-refractivity contribution in [3.05, 3.63) is 35.6 Å². The van der Waals surface area contributed by atoms with Crippen LogP contribution in [0.4, 0.5) is 4.39 Å². The molecule has 7 N–H and O–H groups in total. The third-order valence-electron chi connectivity index (χ3n) is 9.47. The standard InChI is InChI=1S/C42H60FN3O18/c1-25(2)30(23-35(49)31(8-9-36(50)51)45-41(59)28(22-38(54)55)21-33(47)27-4-6-29(43)7-5-27)42(60)46-32(24-39(56)57)34(48)20-26(3)40(58)44-11-13-62-15-17-64-19-18-63-16-14-61-12-10-37(52)53/h4-7,25-26,28,30-32H,8-24H2,1-3H3,(H,44,58)(H,45,59)(H,46,60)(H,50,51)(H,52,53)(H,54,55)(H,56,57)/t26-,28+,30+,31+,32+/m1/s1. The van der Waals surface area contributed by atoms with Crippen LogP contribution < -0.4 is 16.0 Å². The lowest BCUT2D eigenvalue weighted by molar-refractivity contribution is -0.142. The molecule has 0 fully saturated rings. The second kappa shape index (κ2) is 31.2. The summed E-state index contributed by atoms with van der Waals surface area (Å²) in [6, 6.07) is 1.11. The second-order valence-electron chi connectivity index (χ2n) is 15.1. The summed E-state index contributed by atoms with van der Waals surface area (Å²) in [5.74, 6) is -15.1. The van der Waals surface area contributed by atoms with E-state index in [-0.39, 0.29) is 71.4 Å². The molecular formula is C42H60FN3O18. The van der Waals surface area contributed by atoms with Crippen molar-refractivity contribution in [3.63, 3.8) is 0 Å². The van der Waals surface area contributed by atoms with Gasteiger partial charge in [0.25, 0.3) is 0 Å². The minimum absolute atomic E-state index is 0.0104. The molecular weight excluding hydrogens is 853 g/mol. The lowest BCUT2D eigenvalue weighted by Gasteiger charge is -2.26. The van der Waals surface area contributed by atoms with Gasteiger partial charge >= 0.3 is 23.9 Å². The number of benzene rings is 1. The number of halogens is 1. The summed E-state index contributed by atoms with van der Waals surface area (Å²) in [4.78, 5) is 125. The van der Waals surface area contributed by atoms with Crippen molar-refractivity contribution in [2.45, 2.75) is 84.2 Å². The molecule has 5 atom stereocenters. The van der Waals surface area contributed by atoms with Crippen LogP contribution in [-0.4, -0.2) is 151 Å². The quantitative estimate of drug-likeness (QED) is 0.0365. The molecule has 0 aliphatic carbocycles. The third-order valence-corrected chi connectivity index (χ3v) is 9.47. The molecule has 21 nitrogen and oxygen atoms in total. The number of hydrogen-bond donors (Lipinski definition) is 7. The average Bonchev–Trinajstić information content (AvgIpc) is 3.21. The number of carboxylic acid groups (broad SMARTS) is 4. The number of aliphatic carboxylic acids is 4. The normalized spacial score (nSPS) is 13.5. The maximum Gasteiger partial charge on any atom is 0.305 e. The zero-order chi connectivity index (χ0) is 48.2. The maximum absolute atomic E-state index is 13.7. The molecule has 0 aliphatic heterocycles. The Morgan fingerprint density at radius 2 is 1.05 bits per heavy atom. The predicted octanol–water partition coefficient (Wildman–Crippen LogP) is 1.28. The number of ether oxygens (including phenoxy) is 4. The smallest absolute Gasteiger partial charge is 0.305 e. The van der Waals surface area contributed by atoms with Crippen molar-refractivity contribution in [3.8, 4) is 0 Å². The lowest BCUT2D eigenvalue weighted by atomic mass is 9.86. The molecule has 1 aromatic rings. The van der Waals surface area contributed by atoms with Crippen molar-refractivity contribution >= 4 is 58.9 Å². The van der Waals surface area contributed by atoms with E-state index in [1.165, 1.54) is 6.92 Å². The van der Waals surface area contributed by atoms with Gasteiger partial charge in [0.15, 0.2) is 17.3 Å². The van der Waals surface area contributed by atoms with E-state index in [0.717, 1.165) is 24.3 Å². The number of Topliss-reactive ketones (excluding diaryl/α,β-unsaturated/α-hetero) is 3. The van der Waals surface area contributed by atoms with Gasteiger partial charge in [-0.1, -0.05) is 20.8 Å². The van der Waals surface area contributed by atoms with Crippen LogP contribution in [0, 0.1) is 29.5 Å². The van der Waals surface area contributed by atoms with Crippen LogP contribution in [-0.2, 0) is 62.1 Å². The van der Waals surface area contributed by atoms with Crippen LogP contribution in [0.2, 0.25) is 0 Å². The molecule has 0 aromatic heterocycles. The minimum atomic E-state index is -1.61. The summed E-state index contributed by atoms with van der Waals surface area (Å²) in [5, 5.41) is 44.1. The van der Waals surface area contributed by atoms with E-state index in [1.54, 1.807) is 13.8 Å². The first-order valence-electron chi connectivity index (χ1n) is 20.6. The Labute approximate surface area is 369 Å². The van der Waals surface area contributed by atoms with Crippen LogP contribution in [0.25, 0.3) is 0 Å². The van der Waals surface area contributed by atoms with Crippen molar-refractivity contribution in [1.29, 1.82) is 0 Å². The van der Waals surface area contributed by atoms with Gasteiger partial charge in [-0.3, -0.25) is 47.9 Å². The zero-order valence-corrected chi connectivity index (χ0v) is 36.2. The molecule has 358 valence electrons. The highest BCUT2D eigenvalue weighted by Gasteiger charge is 2.35. The summed E-state index contributed by atoms with van der Waals surface area (Å²) in [5.41, 5.74) is -0.0104. The van der Waals surface area contributed by atoms with E-state index < -0.39 is 145 Å². The Kier molecular flexibility index (Phi) is 27.4. The fraction of sp³-hybridized carbons (Fsp3) is 0.619. The first-order chi connectivity index (χ1) is 30.2.